The largest absolute Gasteiger partial charge is 0.507 e. The summed E-state index contributed by atoms with van der Waals surface area (Å²) in [7, 11) is 0. The minimum absolute atomic E-state index is 0.472. The molecular weight excluding hydrogens is 231 g/mol. The Labute approximate surface area is 97.5 Å². The maximum Gasteiger partial charge on any atom is 0.419 e. The van der Waals surface area contributed by atoms with E-state index in [4.69, 9.17) is 0 Å². The highest BCUT2D eigenvalue weighted by atomic mass is 19.4. The van der Waals surface area contributed by atoms with Gasteiger partial charge in [-0.15, -0.1) is 0 Å². The van der Waals surface area contributed by atoms with Gasteiger partial charge in [0.2, 0.25) is 0 Å². The minimum Gasteiger partial charge on any atom is -0.507 e. The van der Waals surface area contributed by atoms with Crippen molar-refractivity contribution in [2.24, 2.45) is 0 Å². The summed E-state index contributed by atoms with van der Waals surface area (Å²) in [6.07, 6.45) is -1.06. The summed E-state index contributed by atoms with van der Waals surface area (Å²) >= 11 is 0. The molecule has 94 valence electrons. The Morgan fingerprint density at radius 2 is 2.00 bits per heavy atom. The van der Waals surface area contributed by atoms with Crippen molar-refractivity contribution in [3.05, 3.63) is 29.3 Å². The van der Waals surface area contributed by atoms with Crippen LogP contribution in [0.25, 0.3) is 0 Å². The zero-order valence-corrected chi connectivity index (χ0v) is 9.22. The Hall–Kier alpha value is -1.23. The number of rotatable bonds is 3. The van der Waals surface area contributed by atoms with Crippen LogP contribution in [0.2, 0.25) is 0 Å². The maximum absolute atomic E-state index is 12.4. The number of phenolic OH excluding ortho intramolecular Hbond substituents is 1. The second-order valence-electron chi connectivity index (χ2n) is 4.36. The average Bonchev–Trinajstić information content (AvgIpc) is 2.13. The number of halogens is 3. The molecule has 2 rings (SSSR count). The van der Waals surface area contributed by atoms with Gasteiger partial charge < -0.3 is 10.4 Å². The minimum atomic E-state index is -4.50. The number of benzene rings is 1. The lowest BCUT2D eigenvalue weighted by Gasteiger charge is -2.26. The third-order valence-corrected chi connectivity index (χ3v) is 3.07. The van der Waals surface area contributed by atoms with E-state index in [1.807, 2.05) is 0 Å². The molecule has 0 aromatic heterocycles. The summed E-state index contributed by atoms with van der Waals surface area (Å²) in [5.41, 5.74) is -0.313. The third-order valence-electron chi connectivity index (χ3n) is 3.07. The van der Waals surface area contributed by atoms with E-state index >= 15 is 0 Å². The third kappa shape index (κ3) is 2.91. The van der Waals surface area contributed by atoms with Gasteiger partial charge in [-0.25, -0.2) is 0 Å². The van der Waals surface area contributed by atoms with E-state index in [2.05, 4.69) is 5.32 Å². The van der Waals surface area contributed by atoms with E-state index in [0.29, 0.717) is 18.2 Å². The monoisotopic (exact) mass is 245 g/mol. The van der Waals surface area contributed by atoms with Crippen LogP contribution >= 0.6 is 0 Å². The fourth-order valence-corrected chi connectivity index (χ4v) is 1.80. The molecule has 0 aliphatic heterocycles. The molecule has 5 heteroatoms. The molecule has 17 heavy (non-hydrogen) atoms. The molecule has 0 amide bonds. The summed E-state index contributed by atoms with van der Waals surface area (Å²) in [6, 6.07) is 3.97. The predicted octanol–water partition coefficient (Wildman–Crippen LogP) is 3.05. The van der Waals surface area contributed by atoms with E-state index in [1.54, 1.807) is 0 Å². The summed E-state index contributed by atoms with van der Waals surface area (Å²) in [5, 5.41) is 12.5. The molecule has 1 saturated carbocycles. The lowest BCUT2D eigenvalue weighted by Crippen LogP contribution is -2.34. The lowest BCUT2D eigenvalue weighted by atomic mass is 9.93. The van der Waals surface area contributed by atoms with Crippen LogP contribution in [0.4, 0.5) is 13.2 Å². The molecular formula is C12H14F3NO. The fraction of sp³-hybridized carbons (Fsp3) is 0.500. The van der Waals surface area contributed by atoms with Gasteiger partial charge in [0.1, 0.15) is 5.75 Å². The molecule has 2 nitrogen and oxygen atoms in total. The number of hydrogen-bond donors (Lipinski definition) is 2. The van der Waals surface area contributed by atoms with Crippen molar-refractivity contribution in [3.63, 3.8) is 0 Å². The predicted molar refractivity (Wildman–Crippen MR) is 57.6 cm³/mol. The Morgan fingerprint density at radius 3 is 2.47 bits per heavy atom. The quantitative estimate of drug-likeness (QED) is 0.857. The van der Waals surface area contributed by atoms with Gasteiger partial charge >= 0.3 is 6.18 Å². The van der Waals surface area contributed by atoms with E-state index in [-0.39, 0.29) is 0 Å². The number of aromatic hydroxyl groups is 1. The van der Waals surface area contributed by atoms with Gasteiger partial charge in [-0.2, -0.15) is 13.2 Å². The molecule has 2 N–H and O–H groups in total. The van der Waals surface area contributed by atoms with E-state index in [9.17, 15) is 18.3 Å². The lowest BCUT2D eigenvalue weighted by molar-refractivity contribution is -0.138. The van der Waals surface area contributed by atoms with Gasteiger partial charge in [-0.05, 0) is 30.5 Å². The van der Waals surface area contributed by atoms with Crippen molar-refractivity contribution in [1.82, 2.24) is 5.32 Å². The van der Waals surface area contributed by atoms with E-state index < -0.39 is 17.5 Å². The normalized spacial score (nSPS) is 16.9. The molecule has 0 heterocycles. The molecule has 0 unspecified atom stereocenters. The molecule has 1 aliphatic carbocycles. The molecule has 0 atom stereocenters. The highest BCUT2D eigenvalue weighted by Crippen LogP contribution is 2.35. The Bertz CT molecular complexity index is 399. The smallest absolute Gasteiger partial charge is 0.419 e. The van der Waals surface area contributed by atoms with Crippen LogP contribution in [0.15, 0.2) is 18.2 Å². The Kier molecular flexibility index (Phi) is 3.28. The van der Waals surface area contributed by atoms with Crippen LogP contribution < -0.4 is 5.32 Å². The molecule has 1 aliphatic rings. The van der Waals surface area contributed by atoms with Gasteiger partial charge in [0.25, 0.3) is 0 Å². The Balaban J connectivity index is 2.02. The number of nitrogens with one attached hydrogen (secondary N) is 1. The summed E-state index contributed by atoms with van der Waals surface area (Å²) in [4.78, 5) is 0. The van der Waals surface area contributed by atoms with Crippen LogP contribution in [-0.4, -0.2) is 11.1 Å². The van der Waals surface area contributed by atoms with Crippen LogP contribution in [0.1, 0.15) is 30.4 Å². The molecule has 0 saturated heterocycles. The van der Waals surface area contributed by atoms with Crippen molar-refractivity contribution < 1.29 is 18.3 Å². The zero-order valence-electron chi connectivity index (χ0n) is 9.22. The van der Waals surface area contributed by atoms with Crippen molar-refractivity contribution in [1.29, 1.82) is 0 Å². The first kappa shape index (κ1) is 12.2. The van der Waals surface area contributed by atoms with Crippen molar-refractivity contribution >= 4 is 0 Å². The highest BCUT2D eigenvalue weighted by molar-refractivity contribution is 5.38. The SMILES string of the molecule is Oc1cc(CNC2CCC2)ccc1C(F)(F)F. The topological polar surface area (TPSA) is 32.3 Å². The second kappa shape index (κ2) is 4.56. The first-order valence-electron chi connectivity index (χ1n) is 5.59. The number of alkyl halides is 3. The highest BCUT2D eigenvalue weighted by Gasteiger charge is 2.33. The maximum atomic E-state index is 12.4. The van der Waals surface area contributed by atoms with Gasteiger partial charge in [-0.1, -0.05) is 12.5 Å². The van der Waals surface area contributed by atoms with Crippen LogP contribution in [-0.2, 0) is 12.7 Å². The van der Waals surface area contributed by atoms with Gasteiger partial charge in [0, 0.05) is 12.6 Å². The summed E-state index contributed by atoms with van der Waals surface area (Å²) in [6.45, 7) is 0.496. The number of phenols is 1. The average molecular weight is 245 g/mol. The molecule has 1 fully saturated rings. The Morgan fingerprint density at radius 1 is 1.29 bits per heavy atom. The zero-order chi connectivity index (χ0) is 12.5. The van der Waals surface area contributed by atoms with Crippen LogP contribution in [0.3, 0.4) is 0 Å². The van der Waals surface area contributed by atoms with Gasteiger partial charge in [0.15, 0.2) is 0 Å². The van der Waals surface area contributed by atoms with Crippen LogP contribution in [0.5, 0.6) is 5.75 Å². The van der Waals surface area contributed by atoms with Gasteiger partial charge in [0.05, 0.1) is 5.56 Å². The van der Waals surface area contributed by atoms with Crippen LogP contribution in [0, 0.1) is 0 Å². The molecule has 1 aromatic carbocycles. The van der Waals surface area contributed by atoms with E-state index in [0.717, 1.165) is 18.9 Å². The first-order valence-corrected chi connectivity index (χ1v) is 5.59. The number of hydrogen-bond acceptors (Lipinski definition) is 2. The summed E-state index contributed by atoms with van der Waals surface area (Å²) < 4.78 is 37.1. The molecule has 0 radical (unpaired) electrons. The van der Waals surface area contributed by atoms with Gasteiger partial charge in [-0.3, -0.25) is 0 Å². The van der Waals surface area contributed by atoms with Crippen molar-refractivity contribution in [2.75, 3.05) is 0 Å². The summed E-state index contributed by atoms with van der Waals surface area (Å²) in [5.74, 6) is -0.703. The first-order chi connectivity index (χ1) is 7.97. The van der Waals surface area contributed by atoms with E-state index in [1.165, 1.54) is 18.6 Å². The fourth-order valence-electron chi connectivity index (χ4n) is 1.80. The second-order valence-corrected chi connectivity index (χ2v) is 4.36. The van der Waals surface area contributed by atoms with Crippen molar-refractivity contribution in [2.45, 2.75) is 38.0 Å². The molecule has 0 spiro atoms. The standard InChI is InChI=1S/C12H14F3NO/c13-12(14,15)10-5-4-8(6-11(10)17)7-16-9-2-1-3-9/h4-6,9,16-17H,1-3,7H2. The molecule has 0 bridgehead atoms. The molecule has 1 aromatic rings. The van der Waals surface area contributed by atoms with Crippen molar-refractivity contribution in [3.8, 4) is 5.75 Å².